The van der Waals surface area contributed by atoms with Crippen LogP contribution in [0.25, 0.3) is 0 Å². The van der Waals surface area contributed by atoms with Crippen molar-refractivity contribution in [3.8, 4) is 0 Å². The van der Waals surface area contributed by atoms with Crippen LogP contribution in [0.2, 0.25) is 0 Å². The zero-order chi connectivity index (χ0) is 19.6. The van der Waals surface area contributed by atoms with Crippen molar-refractivity contribution in [3.63, 3.8) is 0 Å². The van der Waals surface area contributed by atoms with Crippen LogP contribution >= 0.6 is 0 Å². The summed E-state index contributed by atoms with van der Waals surface area (Å²) in [5.74, 6) is 0.629. The highest BCUT2D eigenvalue weighted by Crippen LogP contribution is 2.43. The Hall–Kier alpha value is -2.80. The topological polar surface area (TPSA) is 3.24 Å². The summed E-state index contributed by atoms with van der Waals surface area (Å²) in [6, 6.07) is 19.4. The molecule has 0 bridgehead atoms. The van der Waals surface area contributed by atoms with Gasteiger partial charge in [-0.1, -0.05) is 85.7 Å². The molecule has 0 amide bonds. The summed E-state index contributed by atoms with van der Waals surface area (Å²) in [5.41, 5.74) is 6.56. The van der Waals surface area contributed by atoms with Gasteiger partial charge in [0.05, 0.1) is 0 Å². The van der Waals surface area contributed by atoms with Gasteiger partial charge in [0.2, 0.25) is 0 Å². The fourth-order valence-electron chi connectivity index (χ4n) is 4.11. The van der Waals surface area contributed by atoms with E-state index >= 15 is 0 Å². The number of nitrogens with zero attached hydrogens (tertiary/aromatic N) is 1. The highest BCUT2D eigenvalue weighted by molar-refractivity contribution is 5.70. The molecule has 0 heterocycles. The SMILES string of the molecule is Cc1ccc(N(C2=CCC(C)(C3=CC=CC(C)C3)C=C2)c2ccccc2)cc1. The number of allylic oxidation sites excluding steroid dienone is 7. The van der Waals surface area contributed by atoms with Crippen LogP contribution in [0.15, 0.2) is 102 Å². The predicted molar refractivity (Wildman–Crippen MR) is 121 cm³/mol. The Kier molecular flexibility index (Phi) is 5.09. The molecule has 0 aromatic heterocycles. The largest absolute Gasteiger partial charge is 0.311 e. The van der Waals surface area contributed by atoms with E-state index in [0.717, 1.165) is 12.8 Å². The smallest absolute Gasteiger partial charge is 0.0461 e. The first-order valence-electron chi connectivity index (χ1n) is 10.2. The third-order valence-corrected chi connectivity index (χ3v) is 5.93. The van der Waals surface area contributed by atoms with E-state index in [2.05, 4.69) is 117 Å². The normalized spacial score (nSPS) is 23.9. The van der Waals surface area contributed by atoms with E-state index in [-0.39, 0.29) is 5.41 Å². The summed E-state index contributed by atoms with van der Waals surface area (Å²) in [7, 11) is 0. The Morgan fingerprint density at radius 2 is 1.68 bits per heavy atom. The number of hydrogen-bond acceptors (Lipinski definition) is 1. The minimum atomic E-state index is 0.109. The van der Waals surface area contributed by atoms with E-state index < -0.39 is 0 Å². The molecule has 142 valence electrons. The molecule has 1 heteroatoms. The van der Waals surface area contributed by atoms with Gasteiger partial charge in [-0.25, -0.2) is 0 Å². The Morgan fingerprint density at radius 1 is 0.964 bits per heavy atom. The molecule has 0 radical (unpaired) electrons. The van der Waals surface area contributed by atoms with Gasteiger partial charge in [0, 0.05) is 22.5 Å². The van der Waals surface area contributed by atoms with E-state index in [9.17, 15) is 0 Å². The zero-order valence-corrected chi connectivity index (χ0v) is 17.1. The van der Waals surface area contributed by atoms with Gasteiger partial charge >= 0.3 is 0 Å². The number of anilines is 2. The maximum atomic E-state index is 2.41. The predicted octanol–water partition coefficient (Wildman–Crippen LogP) is 7.51. The first-order valence-corrected chi connectivity index (χ1v) is 10.2. The lowest BCUT2D eigenvalue weighted by Crippen LogP contribution is -2.24. The van der Waals surface area contributed by atoms with Crippen LogP contribution < -0.4 is 4.90 Å². The molecule has 0 spiro atoms. The maximum absolute atomic E-state index is 2.41. The average molecular weight is 368 g/mol. The van der Waals surface area contributed by atoms with Crippen molar-refractivity contribution in [3.05, 3.63) is 108 Å². The molecular weight excluding hydrogens is 338 g/mol. The second kappa shape index (κ2) is 7.67. The molecule has 0 N–H and O–H groups in total. The molecule has 1 nitrogen and oxygen atoms in total. The van der Waals surface area contributed by atoms with Crippen molar-refractivity contribution in [2.45, 2.75) is 33.6 Å². The maximum Gasteiger partial charge on any atom is 0.0461 e. The van der Waals surface area contributed by atoms with Crippen LogP contribution in [0.4, 0.5) is 11.4 Å². The first kappa shape index (κ1) is 18.6. The molecule has 28 heavy (non-hydrogen) atoms. The molecule has 4 rings (SSSR count). The van der Waals surface area contributed by atoms with E-state index in [1.165, 1.54) is 28.2 Å². The highest BCUT2D eigenvalue weighted by atomic mass is 15.1. The van der Waals surface area contributed by atoms with Crippen molar-refractivity contribution in [2.75, 3.05) is 4.90 Å². The molecule has 2 aromatic carbocycles. The Morgan fingerprint density at radius 3 is 2.32 bits per heavy atom. The molecule has 2 atom stereocenters. The van der Waals surface area contributed by atoms with E-state index in [1.807, 2.05) is 0 Å². The fraction of sp³-hybridized carbons (Fsp3) is 0.259. The van der Waals surface area contributed by atoms with Crippen molar-refractivity contribution < 1.29 is 0 Å². The van der Waals surface area contributed by atoms with Gasteiger partial charge < -0.3 is 4.90 Å². The van der Waals surface area contributed by atoms with Gasteiger partial charge in [0.15, 0.2) is 0 Å². The van der Waals surface area contributed by atoms with Crippen LogP contribution in [-0.4, -0.2) is 0 Å². The van der Waals surface area contributed by atoms with Crippen LogP contribution in [0, 0.1) is 18.3 Å². The van der Waals surface area contributed by atoms with Crippen molar-refractivity contribution in [1.82, 2.24) is 0 Å². The van der Waals surface area contributed by atoms with Gasteiger partial charge in [0.1, 0.15) is 0 Å². The summed E-state index contributed by atoms with van der Waals surface area (Å²) in [5, 5.41) is 0. The summed E-state index contributed by atoms with van der Waals surface area (Å²) in [4.78, 5) is 2.35. The van der Waals surface area contributed by atoms with E-state index in [1.54, 1.807) is 0 Å². The zero-order valence-electron chi connectivity index (χ0n) is 17.1. The number of rotatable bonds is 4. The third-order valence-electron chi connectivity index (χ3n) is 5.93. The van der Waals surface area contributed by atoms with Crippen molar-refractivity contribution in [1.29, 1.82) is 0 Å². The standard InChI is InChI=1S/C27H29N/c1-21-12-14-25(15-13-21)28(24-10-5-4-6-11-24)26-16-18-27(3,19-17-26)23-9-7-8-22(2)20-23/h4-18,22H,19-20H2,1-3H3. The summed E-state index contributed by atoms with van der Waals surface area (Å²) in [6.45, 7) is 6.80. The molecule has 0 saturated heterocycles. The summed E-state index contributed by atoms with van der Waals surface area (Å²) >= 11 is 0. The lowest BCUT2D eigenvalue weighted by Gasteiger charge is -2.36. The fourth-order valence-corrected chi connectivity index (χ4v) is 4.11. The Balaban J connectivity index is 1.66. The van der Waals surface area contributed by atoms with Crippen molar-refractivity contribution in [2.24, 2.45) is 11.3 Å². The van der Waals surface area contributed by atoms with Gasteiger partial charge in [-0.05, 0) is 56.0 Å². The molecule has 0 saturated carbocycles. The van der Waals surface area contributed by atoms with Crippen molar-refractivity contribution >= 4 is 11.4 Å². The average Bonchev–Trinajstić information content (AvgIpc) is 2.72. The van der Waals surface area contributed by atoms with Crippen LogP contribution in [0.5, 0.6) is 0 Å². The molecule has 2 unspecified atom stereocenters. The lowest BCUT2D eigenvalue weighted by molar-refractivity contribution is 0.471. The van der Waals surface area contributed by atoms with Gasteiger partial charge in [-0.3, -0.25) is 0 Å². The van der Waals surface area contributed by atoms with Gasteiger partial charge in [-0.2, -0.15) is 0 Å². The second-order valence-corrected chi connectivity index (χ2v) is 8.35. The number of hydrogen-bond donors (Lipinski definition) is 0. The van der Waals surface area contributed by atoms with Gasteiger partial charge in [0.25, 0.3) is 0 Å². The van der Waals surface area contributed by atoms with Gasteiger partial charge in [-0.15, -0.1) is 0 Å². The Bertz CT molecular complexity index is 944. The Labute approximate surface area is 169 Å². The van der Waals surface area contributed by atoms with E-state index in [0.29, 0.717) is 5.92 Å². The molecule has 2 aliphatic carbocycles. The van der Waals surface area contributed by atoms with Crippen LogP contribution in [-0.2, 0) is 0 Å². The number of aryl methyl sites for hydroxylation is 1. The second-order valence-electron chi connectivity index (χ2n) is 8.35. The summed E-state index contributed by atoms with van der Waals surface area (Å²) in [6.07, 6.45) is 16.1. The van der Waals surface area contributed by atoms with Crippen LogP contribution in [0.3, 0.4) is 0 Å². The molecule has 0 aliphatic heterocycles. The first-order chi connectivity index (χ1) is 13.5. The minimum Gasteiger partial charge on any atom is -0.311 e. The number of para-hydroxylation sites is 1. The quantitative estimate of drug-likeness (QED) is 0.540. The minimum absolute atomic E-state index is 0.109. The molecule has 2 aromatic rings. The van der Waals surface area contributed by atoms with E-state index in [4.69, 9.17) is 0 Å². The lowest BCUT2D eigenvalue weighted by atomic mass is 9.72. The monoisotopic (exact) mass is 367 g/mol. The molecular formula is C27H29N. The molecule has 2 aliphatic rings. The molecule has 0 fully saturated rings. The van der Waals surface area contributed by atoms with Crippen LogP contribution in [0.1, 0.15) is 32.3 Å². The number of benzene rings is 2. The summed E-state index contributed by atoms with van der Waals surface area (Å²) < 4.78 is 0. The highest BCUT2D eigenvalue weighted by Gasteiger charge is 2.29. The third kappa shape index (κ3) is 3.75.